The van der Waals surface area contributed by atoms with E-state index in [-0.39, 0.29) is 5.69 Å². The van der Waals surface area contributed by atoms with Gasteiger partial charge in [-0.15, -0.1) is 0 Å². The summed E-state index contributed by atoms with van der Waals surface area (Å²) in [5, 5.41) is 14.1. The van der Waals surface area contributed by atoms with Gasteiger partial charge >= 0.3 is 5.97 Å². The van der Waals surface area contributed by atoms with Gasteiger partial charge in [0, 0.05) is 18.0 Å². The minimum atomic E-state index is -1.11. The maximum Gasteiger partial charge on any atom is 0.356 e. The molecule has 2 heterocycles. The van der Waals surface area contributed by atoms with Gasteiger partial charge in [-0.05, 0) is 36.4 Å². The van der Waals surface area contributed by atoms with Gasteiger partial charge in [-0.2, -0.15) is 5.10 Å². The molecule has 3 rings (SSSR count). The Morgan fingerprint density at radius 2 is 1.95 bits per heavy atom. The zero-order chi connectivity index (χ0) is 15.7. The largest absolute Gasteiger partial charge is 0.476 e. The molecule has 1 N–H and O–H groups in total. The highest BCUT2D eigenvalue weighted by Crippen LogP contribution is 2.28. The van der Waals surface area contributed by atoms with Crippen LogP contribution in [0, 0.1) is 0 Å². The smallest absolute Gasteiger partial charge is 0.356 e. The normalized spacial score (nSPS) is 10.6. The monoisotopic (exact) mass is 333 g/mol. The first-order valence-electron chi connectivity index (χ1n) is 6.25. The topological polar surface area (TPSA) is 68.0 Å². The first-order valence-corrected chi connectivity index (χ1v) is 7.01. The molecule has 3 aromatic rings. The molecule has 7 heteroatoms. The van der Waals surface area contributed by atoms with E-state index >= 15 is 0 Å². The fraction of sp³-hybridized carbons (Fsp3) is 0. The second kappa shape index (κ2) is 5.79. The fourth-order valence-corrected chi connectivity index (χ4v) is 2.31. The molecule has 0 aliphatic rings. The summed E-state index contributed by atoms with van der Waals surface area (Å²) < 4.78 is 1.50. The van der Waals surface area contributed by atoms with Crippen LogP contribution in [-0.4, -0.2) is 25.8 Å². The molecule has 2 aromatic heterocycles. The Labute approximate surface area is 135 Å². The minimum Gasteiger partial charge on any atom is -0.476 e. The standard InChI is InChI=1S/C15H9Cl2N3O2/c16-11-4-3-10(6-12(11)17)20-14(7-13(19-20)15(21)22)9-2-1-5-18-8-9/h1-8H,(H,21,22). The molecule has 0 aliphatic carbocycles. The highest BCUT2D eigenvalue weighted by molar-refractivity contribution is 6.42. The van der Waals surface area contributed by atoms with Gasteiger partial charge in [-0.25, -0.2) is 9.48 Å². The Kier molecular flexibility index (Phi) is 3.83. The number of hydrogen-bond donors (Lipinski definition) is 1. The second-order valence-electron chi connectivity index (χ2n) is 4.47. The summed E-state index contributed by atoms with van der Waals surface area (Å²) >= 11 is 11.9. The third-order valence-corrected chi connectivity index (χ3v) is 3.77. The Balaban J connectivity index is 2.21. The van der Waals surface area contributed by atoms with Crippen LogP contribution < -0.4 is 0 Å². The summed E-state index contributed by atoms with van der Waals surface area (Å²) in [6.07, 6.45) is 3.28. The molecular formula is C15H9Cl2N3O2. The lowest BCUT2D eigenvalue weighted by Crippen LogP contribution is -2.02. The second-order valence-corrected chi connectivity index (χ2v) is 5.29. The van der Waals surface area contributed by atoms with Crippen LogP contribution in [0.25, 0.3) is 16.9 Å². The summed E-state index contributed by atoms with van der Waals surface area (Å²) in [6, 6.07) is 10.1. The Morgan fingerprint density at radius 1 is 1.14 bits per heavy atom. The van der Waals surface area contributed by atoms with Crippen LogP contribution in [0.4, 0.5) is 0 Å². The van der Waals surface area contributed by atoms with Crippen LogP contribution in [0.15, 0.2) is 48.8 Å². The number of halogens is 2. The van der Waals surface area contributed by atoms with Crippen LogP contribution in [0.5, 0.6) is 0 Å². The van der Waals surface area contributed by atoms with Gasteiger partial charge in [0.05, 0.1) is 21.4 Å². The molecule has 0 atom stereocenters. The van der Waals surface area contributed by atoms with E-state index in [1.807, 2.05) is 6.07 Å². The first-order chi connectivity index (χ1) is 10.6. The van der Waals surface area contributed by atoms with Crippen molar-refractivity contribution in [1.82, 2.24) is 14.8 Å². The SMILES string of the molecule is O=C(O)c1cc(-c2cccnc2)n(-c2ccc(Cl)c(Cl)c2)n1. The number of hydrogen-bond acceptors (Lipinski definition) is 3. The summed E-state index contributed by atoms with van der Waals surface area (Å²) in [7, 11) is 0. The lowest BCUT2D eigenvalue weighted by atomic mass is 10.2. The van der Waals surface area contributed by atoms with Gasteiger partial charge in [0.25, 0.3) is 0 Å². The summed E-state index contributed by atoms with van der Waals surface area (Å²) in [5.74, 6) is -1.11. The van der Waals surface area contributed by atoms with E-state index < -0.39 is 5.97 Å². The van der Waals surface area contributed by atoms with Gasteiger partial charge < -0.3 is 5.11 Å². The molecule has 22 heavy (non-hydrogen) atoms. The van der Waals surface area contributed by atoms with Crippen molar-refractivity contribution in [2.75, 3.05) is 0 Å². The summed E-state index contributed by atoms with van der Waals surface area (Å²) in [5.41, 5.74) is 1.89. The molecule has 0 unspecified atom stereocenters. The Hall–Kier alpha value is -2.37. The average Bonchev–Trinajstić information content (AvgIpc) is 2.96. The molecule has 0 aliphatic heterocycles. The zero-order valence-corrected chi connectivity index (χ0v) is 12.6. The van der Waals surface area contributed by atoms with Crippen LogP contribution >= 0.6 is 23.2 Å². The number of aromatic carboxylic acids is 1. The fourth-order valence-electron chi connectivity index (χ4n) is 2.02. The Bertz CT molecular complexity index is 847. The van der Waals surface area contributed by atoms with E-state index in [9.17, 15) is 9.90 Å². The number of rotatable bonds is 3. The van der Waals surface area contributed by atoms with Crippen molar-refractivity contribution in [3.8, 4) is 16.9 Å². The molecule has 0 fully saturated rings. The van der Waals surface area contributed by atoms with Crippen molar-refractivity contribution in [2.45, 2.75) is 0 Å². The third-order valence-electron chi connectivity index (χ3n) is 3.03. The van der Waals surface area contributed by atoms with Crippen LogP contribution in [0.3, 0.4) is 0 Å². The number of nitrogens with zero attached hydrogens (tertiary/aromatic N) is 3. The van der Waals surface area contributed by atoms with Crippen LogP contribution in [0.1, 0.15) is 10.5 Å². The van der Waals surface area contributed by atoms with Crippen molar-refractivity contribution in [3.63, 3.8) is 0 Å². The number of carboxylic acid groups (broad SMARTS) is 1. The van der Waals surface area contributed by atoms with Gasteiger partial charge in [0.1, 0.15) is 0 Å². The molecule has 0 bridgehead atoms. The maximum absolute atomic E-state index is 11.2. The molecule has 0 saturated carbocycles. The predicted molar refractivity (Wildman–Crippen MR) is 83.8 cm³/mol. The molecule has 0 saturated heterocycles. The van der Waals surface area contributed by atoms with Crippen molar-refractivity contribution in [1.29, 1.82) is 0 Å². The van der Waals surface area contributed by atoms with Crippen LogP contribution in [-0.2, 0) is 0 Å². The lowest BCUT2D eigenvalue weighted by Gasteiger charge is -2.08. The number of aromatic nitrogens is 3. The van der Waals surface area contributed by atoms with Gasteiger partial charge in [0.2, 0.25) is 0 Å². The highest BCUT2D eigenvalue weighted by Gasteiger charge is 2.16. The lowest BCUT2D eigenvalue weighted by molar-refractivity contribution is 0.0690. The molecule has 110 valence electrons. The molecule has 1 aromatic carbocycles. The maximum atomic E-state index is 11.2. The van der Waals surface area contributed by atoms with Gasteiger partial charge in [0.15, 0.2) is 5.69 Å². The van der Waals surface area contributed by atoms with Crippen molar-refractivity contribution < 1.29 is 9.90 Å². The Morgan fingerprint density at radius 3 is 2.59 bits per heavy atom. The van der Waals surface area contributed by atoms with Gasteiger partial charge in [-0.3, -0.25) is 4.98 Å². The molecule has 0 radical (unpaired) electrons. The predicted octanol–water partition coefficient (Wildman–Crippen LogP) is 3.94. The average molecular weight is 334 g/mol. The van der Waals surface area contributed by atoms with Crippen molar-refractivity contribution >= 4 is 29.2 Å². The molecule has 0 amide bonds. The molecule has 0 spiro atoms. The number of carboxylic acids is 1. The van der Waals surface area contributed by atoms with Crippen molar-refractivity contribution in [2.24, 2.45) is 0 Å². The first kappa shape index (κ1) is 14.6. The third kappa shape index (κ3) is 2.68. The number of pyridine rings is 1. The van der Waals surface area contributed by atoms with Gasteiger partial charge in [-0.1, -0.05) is 23.2 Å². The number of carbonyl (C=O) groups is 1. The van der Waals surface area contributed by atoms with E-state index in [4.69, 9.17) is 23.2 Å². The van der Waals surface area contributed by atoms with E-state index in [0.29, 0.717) is 21.4 Å². The molecule has 5 nitrogen and oxygen atoms in total. The highest BCUT2D eigenvalue weighted by atomic mass is 35.5. The minimum absolute atomic E-state index is 0.0649. The summed E-state index contributed by atoms with van der Waals surface area (Å²) in [6.45, 7) is 0. The van der Waals surface area contributed by atoms with E-state index in [2.05, 4.69) is 10.1 Å². The quantitative estimate of drug-likeness (QED) is 0.788. The van der Waals surface area contributed by atoms with Crippen LogP contribution in [0.2, 0.25) is 10.0 Å². The molecular weight excluding hydrogens is 325 g/mol. The van der Waals surface area contributed by atoms with E-state index in [1.165, 1.54) is 10.7 Å². The van der Waals surface area contributed by atoms with E-state index in [0.717, 1.165) is 5.56 Å². The van der Waals surface area contributed by atoms with E-state index in [1.54, 1.807) is 36.7 Å². The summed E-state index contributed by atoms with van der Waals surface area (Å²) in [4.78, 5) is 15.3. The zero-order valence-electron chi connectivity index (χ0n) is 11.1. The number of benzene rings is 1. The van der Waals surface area contributed by atoms with Crippen molar-refractivity contribution in [3.05, 3.63) is 64.5 Å².